The van der Waals surface area contributed by atoms with E-state index in [1.807, 2.05) is 12.1 Å². The fraction of sp³-hybridized carbons (Fsp3) is 0.682. The fourth-order valence-corrected chi connectivity index (χ4v) is 3.69. The Bertz CT molecular complexity index is 595. The van der Waals surface area contributed by atoms with Crippen molar-refractivity contribution in [1.29, 1.82) is 0 Å². The van der Waals surface area contributed by atoms with Gasteiger partial charge < -0.3 is 20.1 Å². The van der Waals surface area contributed by atoms with Crippen molar-refractivity contribution in [3.63, 3.8) is 0 Å². The van der Waals surface area contributed by atoms with Gasteiger partial charge in [-0.2, -0.15) is 0 Å². The van der Waals surface area contributed by atoms with E-state index in [1.165, 1.54) is 12.0 Å². The van der Waals surface area contributed by atoms with Crippen LogP contribution in [0.2, 0.25) is 0 Å². The summed E-state index contributed by atoms with van der Waals surface area (Å²) < 4.78 is 11.4. The molecule has 0 bridgehead atoms. The summed E-state index contributed by atoms with van der Waals surface area (Å²) in [5.74, 6) is 2.27. The molecule has 0 spiro atoms. The van der Waals surface area contributed by atoms with E-state index in [-0.39, 0.29) is 11.5 Å². The first-order valence-electron chi connectivity index (χ1n) is 10.2. The molecule has 152 valence electrons. The summed E-state index contributed by atoms with van der Waals surface area (Å²) in [4.78, 5) is 4.86. The van der Waals surface area contributed by atoms with Crippen molar-refractivity contribution in [3.05, 3.63) is 29.8 Å². The quantitative estimate of drug-likeness (QED) is 0.564. The third kappa shape index (κ3) is 7.06. The summed E-state index contributed by atoms with van der Waals surface area (Å²) in [5, 5.41) is 6.82. The van der Waals surface area contributed by atoms with Crippen molar-refractivity contribution in [3.8, 4) is 5.75 Å². The SMILES string of the molecule is CCNC(=NCC1CCCOC1C(C)(C)C)NCCc1cccc(OC)c1. The van der Waals surface area contributed by atoms with E-state index in [0.29, 0.717) is 5.92 Å². The van der Waals surface area contributed by atoms with Crippen LogP contribution in [0.15, 0.2) is 29.3 Å². The molecule has 0 radical (unpaired) electrons. The van der Waals surface area contributed by atoms with E-state index in [1.54, 1.807) is 7.11 Å². The topological polar surface area (TPSA) is 54.9 Å². The lowest BCUT2D eigenvalue weighted by molar-refractivity contribution is -0.0823. The van der Waals surface area contributed by atoms with Gasteiger partial charge in [-0.3, -0.25) is 4.99 Å². The van der Waals surface area contributed by atoms with Gasteiger partial charge in [0.15, 0.2) is 5.96 Å². The Hall–Kier alpha value is -1.75. The smallest absolute Gasteiger partial charge is 0.191 e. The van der Waals surface area contributed by atoms with Crippen molar-refractivity contribution in [2.75, 3.05) is 33.4 Å². The van der Waals surface area contributed by atoms with Gasteiger partial charge in [0.2, 0.25) is 0 Å². The Morgan fingerprint density at radius 2 is 2.11 bits per heavy atom. The van der Waals surface area contributed by atoms with Gasteiger partial charge in [0.25, 0.3) is 0 Å². The predicted molar refractivity (Wildman–Crippen MR) is 113 cm³/mol. The maximum atomic E-state index is 6.09. The Kier molecular flexibility index (Phi) is 8.42. The summed E-state index contributed by atoms with van der Waals surface area (Å²) in [6.45, 7) is 12.3. The number of aliphatic imine (C=N–C) groups is 1. The van der Waals surface area contributed by atoms with E-state index < -0.39 is 0 Å². The van der Waals surface area contributed by atoms with Crippen LogP contribution < -0.4 is 15.4 Å². The zero-order chi connectivity index (χ0) is 19.7. The molecule has 2 N–H and O–H groups in total. The maximum absolute atomic E-state index is 6.09. The van der Waals surface area contributed by atoms with Gasteiger partial charge in [-0.15, -0.1) is 0 Å². The van der Waals surface area contributed by atoms with Crippen LogP contribution in [0.4, 0.5) is 0 Å². The highest BCUT2D eigenvalue weighted by Gasteiger charge is 2.35. The minimum Gasteiger partial charge on any atom is -0.497 e. The van der Waals surface area contributed by atoms with E-state index in [9.17, 15) is 0 Å². The summed E-state index contributed by atoms with van der Waals surface area (Å²) in [5.41, 5.74) is 1.41. The highest BCUT2D eigenvalue weighted by atomic mass is 16.5. The molecule has 27 heavy (non-hydrogen) atoms. The normalized spacial score (nSPS) is 21.0. The van der Waals surface area contributed by atoms with Crippen LogP contribution in [0.3, 0.4) is 0 Å². The first-order valence-corrected chi connectivity index (χ1v) is 10.2. The Labute approximate surface area is 164 Å². The van der Waals surface area contributed by atoms with Crippen LogP contribution in [0.25, 0.3) is 0 Å². The molecule has 2 unspecified atom stereocenters. The number of benzene rings is 1. The Morgan fingerprint density at radius 3 is 2.81 bits per heavy atom. The average Bonchev–Trinajstić information content (AvgIpc) is 2.66. The molecule has 5 nitrogen and oxygen atoms in total. The lowest BCUT2D eigenvalue weighted by Gasteiger charge is -2.39. The van der Waals surface area contributed by atoms with Gasteiger partial charge in [0.05, 0.1) is 13.2 Å². The molecular formula is C22H37N3O2. The van der Waals surface area contributed by atoms with Crippen LogP contribution in [0.1, 0.15) is 46.1 Å². The zero-order valence-corrected chi connectivity index (χ0v) is 17.7. The van der Waals surface area contributed by atoms with Gasteiger partial charge in [-0.25, -0.2) is 0 Å². The first-order chi connectivity index (χ1) is 12.9. The molecule has 0 aromatic heterocycles. The van der Waals surface area contributed by atoms with Crippen molar-refractivity contribution in [1.82, 2.24) is 10.6 Å². The number of methoxy groups -OCH3 is 1. The number of ether oxygens (including phenoxy) is 2. The van der Waals surface area contributed by atoms with Crippen molar-refractivity contribution < 1.29 is 9.47 Å². The second-order valence-electron chi connectivity index (χ2n) is 8.31. The minimum absolute atomic E-state index is 0.152. The lowest BCUT2D eigenvalue weighted by Crippen LogP contribution is -2.43. The molecule has 0 saturated carbocycles. The maximum Gasteiger partial charge on any atom is 0.191 e. The van der Waals surface area contributed by atoms with Crippen LogP contribution in [-0.2, 0) is 11.2 Å². The van der Waals surface area contributed by atoms with Gasteiger partial charge in [-0.1, -0.05) is 32.9 Å². The molecule has 1 aliphatic rings. The molecular weight excluding hydrogens is 338 g/mol. The average molecular weight is 376 g/mol. The number of rotatable bonds is 7. The number of nitrogens with zero attached hydrogens (tertiary/aromatic N) is 1. The van der Waals surface area contributed by atoms with Crippen LogP contribution in [0.5, 0.6) is 5.75 Å². The molecule has 0 aliphatic carbocycles. The summed E-state index contributed by atoms with van der Waals surface area (Å²) in [6, 6.07) is 8.21. The van der Waals surface area contributed by atoms with E-state index >= 15 is 0 Å². The van der Waals surface area contributed by atoms with Crippen molar-refractivity contribution >= 4 is 5.96 Å². The summed E-state index contributed by atoms with van der Waals surface area (Å²) in [7, 11) is 1.70. The highest BCUT2D eigenvalue weighted by molar-refractivity contribution is 5.79. The highest BCUT2D eigenvalue weighted by Crippen LogP contribution is 2.34. The van der Waals surface area contributed by atoms with E-state index in [4.69, 9.17) is 14.5 Å². The molecule has 2 rings (SSSR count). The van der Waals surface area contributed by atoms with Gasteiger partial charge in [0, 0.05) is 32.2 Å². The zero-order valence-electron chi connectivity index (χ0n) is 17.7. The van der Waals surface area contributed by atoms with Crippen LogP contribution >= 0.6 is 0 Å². The van der Waals surface area contributed by atoms with Crippen LogP contribution in [0, 0.1) is 11.3 Å². The monoisotopic (exact) mass is 375 g/mol. The molecule has 1 aliphatic heterocycles. The van der Waals surface area contributed by atoms with Gasteiger partial charge in [0.1, 0.15) is 5.75 Å². The standard InChI is InChI=1S/C22H37N3O2/c1-6-23-21(24-13-12-17-9-7-11-19(15-17)26-5)25-16-18-10-8-14-27-20(18)22(2,3)4/h7,9,11,15,18,20H,6,8,10,12-14,16H2,1-5H3,(H2,23,24,25). The number of hydrogen-bond donors (Lipinski definition) is 2. The van der Waals surface area contributed by atoms with E-state index in [2.05, 4.69) is 50.5 Å². The second-order valence-corrected chi connectivity index (χ2v) is 8.31. The molecule has 1 saturated heterocycles. The Balaban J connectivity index is 1.90. The number of hydrogen-bond acceptors (Lipinski definition) is 3. The second kappa shape index (κ2) is 10.5. The predicted octanol–water partition coefficient (Wildman–Crippen LogP) is 3.63. The molecule has 1 heterocycles. The van der Waals surface area contributed by atoms with Crippen molar-refractivity contribution in [2.24, 2.45) is 16.3 Å². The van der Waals surface area contributed by atoms with E-state index in [0.717, 1.165) is 50.8 Å². The third-order valence-corrected chi connectivity index (χ3v) is 4.97. The molecule has 1 aromatic carbocycles. The number of guanidine groups is 1. The molecule has 1 aromatic rings. The van der Waals surface area contributed by atoms with Crippen LogP contribution in [-0.4, -0.2) is 45.4 Å². The van der Waals surface area contributed by atoms with Gasteiger partial charge >= 0.3 is 0 Å². The lowest BCUT2D eigenvalue weighted by atomic mass is 9.78. The minimum atomic E-state index is 0.152. The summed E-state index contributed by atoms with van der Waals surface area (Å²) in [6.07, 6.45) is 3.52. The molecule has 2 atom stereocenters. The molecule has 5 heteroatoms. The molecule has 1 fully saturated rings. The largest absolute Gasteiger partial charge is 0.497 e. The Morgan fingerprint density at radius 1 is 1.30 bits per heavy atom. The van der Waals surface area contributed by atoms with Crippen molar-refractivity contribution in [2.45, 2.75) is 53.1 Å². The number of nitrogens with one attached hydrogen (secondary N) is 2. The van der Waals surface area contributed by atoms with Gasteiger partial charge in [-0.05, 0) is 49.3 Å². The first kappa shape index (κ1) is 21.5. The molecule has 0 amide bonds. The fourth-order valence-electron chi connectivity index (χ4n) is 3.69. The summed E-state index contributed by atoms with van der Waals surface area (Å²) >= 11 is 0. The third-order valence-electron chi connectivity index (χ3n) is 4.97.